The Morgan fingerprint density at radius 3 is 2.54 bits per heavy atom. The lowest BCUT2D eigenvalue weighted by atomic mass is 9.66. The Hall–Kier alpha value is -5.81. The molecule has 0 saturated carbocycles. The van der Waals surface area contributed by atoms with Gasteiger partial charge in [0.1, 0.15) is 45.7 Å². The van der Waals surface area contributed by atoms with Gasteiger partial charge in [-0.25, -0.2) is 0 Å². The number of hydrogen-bond donors (Lipinski definition) is 5. The maximum atomic E-state index is 14.6. The van der Waals surface area contributed by atoms with Crippen LogP contribution >= 0.6 is 0 Å². The molecular formula is C40H36O8. The first-order valence-corrected chi connectivity index (χ1v) is 15.6. The summed E-state index contributed by atoms with van der Waals surface area (Å²) in [5, 5.41) is 54.4. The topological polar surface area (TPSA) is 141 Å². The number of carbonyl (C=O) groups excluding carboxylic acids is 1. The third kappa shape index (κ3) is 6.27. The lowest BCUT2D eigenvalue weighted by Crippen LogP contribution is -2.33. The van der Waals surface area contributed by atoms with Gasteiger partial charge >= 0.3 is 0 Å². The number of Topliss-reactive ketones (excluding diaryl/α,β-unsaturated/α-hetero) is 1. The first-order chi connectivity index (χ1) is 22.8. The van der Waals surface area contributed by atoms with E-state index in [2.05, 4.69) is 5.92 Å². The van der Waals surface area contributed by atoms with Crippen molar-refractivity contribution in [2.45, 2.75) is 45.1 Å². The summed E-state index contributed by atoms with van der Waals surface area (Å²) in [5.41, 5.74) is 2.18. The zero-order chi connectivity index (χ0) is 34.3. The average molecular weight is 645 g/mol. The third-order valence-electron chi connectivity index (χ3n) is 8.91. The highest BCUT2D eigenvalue weighted by atomic mass is 16.5. The van der Waals surface area contributed by atoms with Gasteiger partial charge in [0.15, 0.2) is 5.78 Å². The maximum Gasteiger partial charge on any atom is 0.170 e. The van der Waals surface area contributed by atoms with E-state index in [4.69, 9.17) is 15.6 Å². The lowest BCUT2D eigenvalue weighted by molar-refractivity contribution is 0.0845. The zero-order valence-electron chi connectivity index (χ0n) is 26.8. The van der Waals surface area contributed by atoms with Gasteiger partial charge in [-0.05, 0) is 99.4 Å². The zero-order valence-corrected chi connectivity index (χ0v) is 26.8. The fourth-order valence-corrected chi connectivity index (χ4v) is 6.76. The largest absolute Gasteiger partial charge is 0.512 e. The molecule has 4 aromatic rings. The van der Waals surface area contributed by atoms with Crippen molar-refractivity contribution in [2.75, 3.05) is 0 Å². The summed E-state index contributed by atoms with van der Waals surface area (Å²) >= 11 is 0. The van der Waals surface area contributed by atoms with E-state index < -0.39 is 23.4 Å². The average Bonchev–Trinajstić information content (AvgIpc) is 3.43. The molecule has 3 unspecified atom stereocenters. The van der Waals surface area contributed by atoms with Gasteiger partial charge in [0.2, 0.25) is 0 Å². The second-order valence-electron chi connectivity index (χ2n) is 13.0. The van der Waals surface area contributed by atoms with Crippen LogP contribution in [0.2, 0.25) is 0 Å². The number of ketones is 1. The molecule has 8 nitrogen and oxygen atoms in total. The normalized spacial score (nSPS) is 20.5. The van der Waals surface area contributed by atoms with Crippen LogP contribution in [0.3, 0.4) is 0 Å². The first kappa shape index (κ1) is 32.1. The molecule has 1 aliphatic carbocycles. The van der Waals surface area contributed by atoms with Gasteiger partial charge < -0.3 is 34.7 Å². The highest BCUT2D eigenvalue weighted by Crippen LogP contribution is 2.49. The van der Waals surface area contributed by atoms with Crippen LogP contribution in [0.5, 0.6) is 28.7 Å². The minimum Gasteiger partial charge on any atom is -0.512 e. The number of fused-ring (bicyclic) bond motifs is 2. The number of benzene rings is 3. The summed E-state index contributed by atoms with van der Waals surface area (Å²) in [5.74, 6) is 0.482. The van der Waals surface area contributed by atoms with Gasteiger partial charge in [-0.2, -0.15) is 0 Å². The molecule has 2 aliphatic rings. The number of furan rings is 1. The van der Waals surface area contributed by atoms with E-state index in [1.54, 1.807) is 42.5 Å². The van der Waals surface area contributed by atoms with Crippen molar-refractivity contribution in [1.29, 1.82) is 0 Å². The van der Waals surface area contributed by atoms with E-state index >= 15 is 0 Å². The minimum absolute atomic E-state index is 0.0227. The summed E-state index contributed by atoms with van der Waals surface area (Å²) in [7, 11) is 0. The van der Waals surface area contributed by atoms with Crippen LogP contribution in [0.15, 0.2) is 94.7 Å². The molecule has 8 heteroatoms. The number of terminal acetylenes is 1. The molecule has 3 aromatic carbocycles. The predicted octanol–water partition coefficient (Wildman–Crippen LogP) is 8.54. The third-order valence-corrected chi connectivity index (χ3v) is 8.91. The van der Waals surface area contributed by atoms with Gasteiger partial charge in [0, 0.05) is 41.3 Å². The second-order valence-corrected chi connectivity index (χ2v) is 13.0. The number of rotatable bonds is 7. The van der Waals surface area contributed by atoms with Gasteiger partial charge in [0.25, 0.3) is 0 Å². The molecule has 244 valence electrons. The summed E-state index contributed by atoms with van der Waals surface area (Å²) in [4.78, 5) is 14.6. The number of hydrogen-bond acceptors (Lipinski definition) is 8. The molecule has 0 saturated heterocycles. The monoisotopic (exact) mass is 644 g/mol. The number of carbonyl (C=O) groups is 1. The van der Waals surface area contributed by atoms with E-state index in [0.717, 1.165) is 11.0 Å². The molecule has 0 bridgehead atoms. The number of allylic oxidation sites excluding steroid dienone is 6. The molecule has 5 N–H and O–H groups in total. The number of ether oxygens (including phenoxy) is 1. The van der Waals surface area contributed by atoms with Crippen molar-refractivity contribution in [2.24, 2.45) is 11.8 Å². The Labute approximate surface area is 278 Å². The lowest BCUT2D eigenvalue weighted by Gasteiger charge is -2.37. The van der Waals surface area contributed by atoms with E-state index in [1.165, 1.54) is 30.4 Å². The van der Waals surface area contributed by atoms with E-state index in [1.807, 2.05) is 32.9 Å². The Kier molecular flexibility index (Phi) is 8.32. The Bertz CT molecular complexity index is 2100. The quantitative estimate of drug-likeness (QED) is 0.0443. The van der Waals surface area contributed by atoms with Crippen molar-refractivity contribution in [3.8, 4) is 41.1 Å². The van der Waals surface area contributed by atoms with Crippen LogP contribution in [0, 0.1) is 24.2 Å². The molecule has 3 atom stereocenters. The molecular weight excluding hydrogens is 608 g/mol. The van der Waals surface area contributed by atoms with Crippen LogP contribution in [-0.2, 0) is 0 Å². The number of aliphatic hydroxyl groups is 1. The van der Waals surface area contributed by atoms with Crippen LogP contribution in [0.25, 0.3) is 22.6 Å². The van der Waals surface area contributed by atoms with Gasteiger partial charge in [0.05, 0.1) is 16.9 Å². The molecule has 2 heterocycles. The minimum atomic E-state index is -0.831. The summed E-state index contributed by atoms with van der Waals surface area (Å²) in [6.07, 6.45) is 14.5. The Balaban J connectivity index is 1.41. The van der Waals surface area contributed by atoms with Crippen LogP contribution in [0.4, 0.5) is 0 Å². The number of phenols is 4. The van der Waals surface area contributed by atoms with Crippen molar-refractivity contribution in [3.05, 3.63) is 113 Å². The van der Waals surface area contributed by atoms with Crippen LogP contribution in [-0.4, -0.2) is 36.9 Å². The fraction of sp³-hybridized carbons (Fsp3) is 0.225. The molecule has 1 aliphatic heterocycles. The van der Waals surface area contributed by atoms with Crippen molar-refractivity contribution < 1.29 is 39.5 Å². The van der Waals surface area contributed by atoms with Crippen molar-refractivity contribution in [1.82, 2.24) is 0 Å². The summed E-state index contributed by atoms with van der Waals surface area (Å²) < 4.78 is 11.9. The molecule has 1 aromatic heterocycles. The van der Waals surface area contributed by atoms with Crippen LogP contribution in [0.1, 0.15) is 66.8 Å². The highest BCUT2D eigenvalue weighted by molar-refractivity contribution is 6.02. The summed E-state index contributed by atoms with van der Waals surface area (Å²) in [6.45, 7) is 5.70. The fourth-order valence-electron chi connectivity index (χ4n) is 6.76. The number of aromatic hydroxyl groups is 4. The van der Waals surface area contributed by atoms with E-state index in [-0.39, 0.29) is 46.5 Å². The maximum absolute atomic E-state index is 14.6. The molecule has 0 amide bonds. The molecule has 0 radical (unpaired) electrons. The Morgan fingerprint density at radius 2 is 1.79 bits per heavy atom. The number of phenolic OH excluding ortho intramolecular Hbond substituents is 4. The van der Waals surface area contributed by atoms with Gasteiger partial charge in [-0.3, -0.25) is 4.79 Å². The molecule has 48 heavy (non-hydrogen) atoms. The predicted molar refractivity (Wildman–Crippen MR) is 184 cm³/mol. The Morgan fingerprint density at radius 1 is 1.04 bits per heavy atom. The van der Waals surface area contributed by atoms with Gasteiger partial charge in [-0.15, -0.1) is 6.42 Å². The van der Waals surface area contributed by atoms with Crippen molar-refractivity contribution in [3.63, 3.8) is 0 Å². The SMILES string of the molecule is C#C/C=C(\C=C(\O)CC1C=C(C)CC(c2ccc(O)cc2O)C1C(=O)c1ccc2c(c1O)C=CC(C)(C)O2)c1cc2ccc(O)cc2o1. The van der Waals surface area contributed by atoms with Crippen molar-refractivity contribution >= 4 is 28.4 Å². The summed E-state index contributed by atoms with van der Waals surface area (Å²) in [6, 6.07) is 14.0. The standard InChI is InChI=1S/C40H36O8/c1-5-6-23(35-19-24-7-8-27(42)21-36(24)47-35)17-28(43)18-25-15-22(2)16-32(29-10-9-26(41)20-33(29)44)37(25)39(46)31-11-12-34-30(38(31)45)13-14-40(3,4)48-34/h1,6-15,17,19-21,25,32,37,41-45H,16,18H2,2-4H3/b23-6+,28-17+. The van der Waals surface area contributed by atoms with E-state index in [0.29, 0.717) is 40.2 Å². The molecule has 6 rings (SSSR count). The highest BCUT2D eigenvalue weighted by Gasteiger charge is 2.41. The molecule has 0 fully saturated rings. The first-order valence-electron chi connectivity index (χ1n) is 15.6. The number of aliphatic hydroxyl groups excluding tert-OH is 1. The smallest absolute Gasteiger partial charge is 0.170 e. The van der Waals surface area contributed by atoms with Gasteiger partial charge in [-0.1, -0.05) is 23.6 Å². The van der Waals surface area contributed by atoms with Crippen LogP contribution < -0.4 is 4.74 Å². The second kappa shape index (κ2) is 12.4. The van der Waals surface area contributed by atoms with E-state index in [9.17, 15) is 30.3 Å². The molecule has 0 spiro atoms.